The molecule has 5 aromatic rings. The molecule has 5 heterocycles. The summed E-state index contributed by atoms with van der Waals surface area (Å²) in [7, 11) is 3.36. The third-order valence-corrected chi connectivity index (χ3v) is 8.65. The van der Waals surface area contributed by atoms with E-state index in [0.717, 1.165) is 16.9 Å². The van der Waals surface area contributed by atoms with E-state index in [9.17, 15) is 14.0 Å². The zero-order valence-corrected chi connectivity index (χ0v) is 27.2. The Labute approximate surface area is 277 Å². The van der Waals surface area contributed by atoms with Gasteiger partial charge in [0.25, 0.3) is 0 Å². The number of aliphatic hydroxyl groups is 1. The van der Waals surface area contributed by atoms with E-state index >= 15 is 0 Å². The second kappa shape index (κ2) is 14.6. The highest BCUT2D eigenvalue weighted by Gasteiger charge is 2.37. The molecule has 1 fully saturated rings. The summed E-state index contributed by atoms with van der Waals surface area (Å²) in [5.41, 5.74) is 5.45. The van der Waals surface area contributed by atoms with Crippen LogP contribution in [0.5, 0.6) is 0 Å². The number of ketones is 2. The number of aryl methyl sites for hydroxylation is 1. The van der Waals surface area contributed by atoms with Gasteiger partial charge in [0.05, 0.1) is 23.7 Å². The van der Waals surface area contributed by atoms with E-state index in [2.05, 4.69) is 15.0 Å². The quantitative estimate of drug-likeness (QED) is 0.136. The van der Waals surface area contributed by atoms with Gasteiger partial charge in [-0.3, -0.25) is 14.4 Å². The van der Waals surface area contributed by atoms with E-state index in [-0.39, 0.29) is 49.2 Å². The number of ether oxygens (including phenoxy) is 1. The number of rotatable bonds is 14. The lowest BCUT2D eigenvalue weighted by Crippen LogP contribution is -2.24. The highest BCUT2D eigenvalue weighted by Crippen LogP contribution is 2.37. The first-order valence-electron chi connectivity index (χ1n) is 15.9. The molecule has 0 amide bonds. The molecule has 12 nitrogen and oxygen atoms in total. The first-order chi connectivity index (χ1) is 23.3. The van der Waals surface area contributed by atoms with Gasteiger partial charge in [-0.15, -0.1) is 0 Å². The molecule has 13 heteroatoms. The predicted octanol–water partition coefficient (Wildman–Crippen LogP) is 4.37. The van der Waals surface area contributed by atoms with Gasteiger partial charge in [0, 0.05) is 77.0 Å². The van der Waals surface area contributed by atoms with E-state index in [4.69, 9.17) is 19.8 Å². The molecule has 2 atom stereocenters. The molecule has 1 aromatic carbocycles. The minimum atomic E-state index is -0.602. The summed E-state index contributed by atoms with van der Waals surface area (Å²) in [4.78, 5) is 45.6. The summed E-state index contributed by atoms with van der Waals surface area (Å²) in [5.74, 6) is -0.705. The van der Waals surface area contributed by atoms with Crippen molar-refractivity contribution in [1.29, 1.82) is 0 Å². The van der Waals surface area contributed by atoms with Gasteiger partial charge in [-0.1, -0.05) is 18.2 Å². The van der Waals surface area contributed by atoms with Crippen molar-refractivity contribution in [3.05, 3.63) is 89.5 Å². The lowest BCUT2D eigenvalue weighted by Gasteiger charge is -2.17. The van der Waals surface area contributed by atoms with Gasteiger partial charge in [0.2, 0.25) is 5.95 Å². The van der Waals surface area contributed by atoms with E-state index in [1.54, 1.807) is 40.7 Å². The standard InChI is InChI=1S/C35H38FN7O5/c1-22-29(19-27(45)16-25-21-42(13-15-47-3)48-33(25)23-11-12-37-31(36)18-23)43(26-8-5-4-6-9-26)40-32(22)24-17-28-34(38-20-24)41(2)35(39-28)30(46)10-7-14-44/h4-6,8-9,11-12,17-18,20,25,33,44H,7,10,13-16,19,21H2,1-3H3/t25-,33+/m1/s1. The minimum Gasteiger partial charge on any atom is -0.396 e. The Bertz CT molecular complexity index is 1930. The molecule has 48 heavy (non-hydrogen) atoms. The van der Waals surface area contributed by atoms with Crippen LogP contribution < -0.4 is 0 Å². The number of carbonyl (C=O) groups is 2. The van der Waals surface area contributed by atoms with E-state index in [0.29, 0.717) is 54.1 Å². The van der Waals surface area contributed by atoms with Gasteiger partial charge in [-0.25, -0.2) is 19.6 Å². The third-order valence-electron chi connectivity index (χ3n) is 8.65. The average molecular weight is 656 g/mol. The van der Waals surface area contributed by atoms with Crippen molar-refractivity contribution in [2.24, 2.45) is 13.0 Å². The lowest BCUT2D eigenvalue weighted by atomic mass is 9.91. The number of aromatic nitrogens is 6. The highest BCUT2D eigenvalue weighted by molar-refractivity contribution is 5.96. The summed E-state index contributed by atoms with van der Waals surface area (Å²) in [6, 6.07) is 14.5. The van der Waals surface area contributed by atoms with Gasteiger partial charge < -0.3 is 14.4 Å². The zero-order chi connectivity index (χ0) is 33.8. The number of Topliss-reactive ketones (excluding diaryl/α,β-unsaturated/α-hetero) is 2. The van der Waals surface area contributed by atoms with Gasteiger partial charge in [-0.05, 0) is 54.8 Å². The number of halogens is 1. The fourth-order valence-electron chi connectivity index (χ4n) is 6.24. The topological polar surface area (TPSA) is 137 Å². The van der Waals surface area contributed by atoms with Crippen molar-refractivity contribution in [3.8, 4) is 16.9 Å². The van der Waals surface area contributed by atoms with E-state index < -0.39 is 12.1 Å². The highest BCUT2D eigenvalue weighted by atomic mass is 19.1. The van der Waals surface area contributed by atoms with Crippen molar-refractivity contribution in [2.45, 2.75) is 38.7 Å². The van der Waals surface area contributed by atoms with Crippen molar-refractivity contribution in [1.82, 2.24) is 34.4 Å². The zero-order valence-electron chi connectivity index (χ0n) is 27.2. The van der Waals surface area contributed by atoms with Gasteiger partial charge in [-0.2, -0.15) is 14.6 Å². The Morgan fingerprint density at radius 3 is 2.71 bits per heavy atom. The van der Waals surface area contributed by atoms with Crippen LogP contribution in [0.3, 0.4) is 0 Å². The molecular formula is C35H38FN7O5. The molecule has 1 aliphatic rings. The number of benzene rings is 1. The number of hydrogen-bond acceptors (Lipinski definition) is 10. The third kappa shape index (κ3) is 6.95. The second-order valence-electron chi connectivity index (χ2n) is 12.0. The lowest BCUT2D eigenvalue weighted by molar-refractivity contribution is -0.155. The maximum atomic E-state index is 14.1. The van der Waals surface area contributed by atoms with Crippen LogP contribution in [0.25, 0.3) is 28.1 Å². The average Bonchev–Trinajstić information content (AvgIpc) is 3.75. The van der Waals surface area contributed by atoms with Gasteiger partial charge >= 0.3 is 0 Å². The number of carbonyl (C=O) groups excluding carboxylic acids is 2. The van der Waals surface area contributed by atoms with Crippen LogP contribution in [-0.4, -0.2) is 84.4 Å². The van der Waals surface area contributed by atoms with Crippen molar-refractivity contribution in [3.63, 3.8) is 0 Å². The summed E-state index contributed by atoms with van der Waals surface area (Å²) < 4.78 is 22.7. The summed E-state index contributed by atoms with van der Waals surface area (Å²) >= 11 is 0. The van der Waals surface area contributed by atoms with E-state index in [1.165, 1.54) is 12.3 Å². The van der Waals surface area contributed by atoms with Crippen LogP contribution in [-0.2, 0) is 27.8 Å². The Morgan fingerprint density at radius 2 is 1.96 bits per heavy atom. The molecule has 1 saturated heterocycles. The molecule has 6 rings (SSSR count). The molecule has 0 saturated carbocycles. The maximum absolute atomic E-state index is 14.1. The molecule has 0 radical (unpaired) electrons. The smallest absolute Gasteiger partial charge is 0.213 e. The number of fused-ring (bicyclic) bond motifs is 1. The second-order valence-corrected chi connectivity index (χ2v) is 12.0. The van der Waals surface area contributed by atoms with Gasteiger partial charge in [0.1, 0.15) is 17.4 Å². The van der Waals surface area contributed by atoms with Crippen molar-refractivity contribution >= 4 is 22.7 Å². The SMILES string of the molecule is COCCN1C[C@@H](CC(=O)Cc2c(C)c(-c3cnc4c(c3)nc(C(=O)CCCO)n4C)nn2-c2ccccc2)[C@H](c2ccnc(F)c2)O1. The monoisotopic (exact) mass is 655 g/mol. The molecule has 0 spiro atoms. The molecular weight excluding hydrogens is 617 g/mol. The number of imidazole rings is 1. The molecule has 1 N–H and O–H groups in total. The Morgan fingerprint density at radius 1 is 1.15 bits per heavy atom. The molecule has 0 bridgehead atoms. The molecule has 4 aromatic heterocycles. The van der Waals surface area contributed by atoms with Crippen LogP contribution in [0.2, 0.25) is 0 Å². The largest absolute Gasteiger partial charge is 0.396 e. The fraction of sp³-hybridized carbons (Fsp3) is 0.371. The van der Waals surface area contributed by atoms with Crippen molar-refractivity contribution in [2.75, 3.05) is 33.4 Å². The Hall–Kier alpha value is -4.69. The van der Waals surface area contributed by atoms with Crippen LogP contribution in [0, 0.1) is 18.8 Å². The number of methoxy groups -OCH3 is 1. The predicted molar refractivity (Wildman–Crippen MR) is 175 cm³/mol. The summed E-state index contributed by atoms with van der Waals surface area (Å²) in [6.07, 6.45) is 3.48. The van der Waals surface area contributed by atoms with Gasteiger partial charge in [0.15, 0.2) is 17.3 Å². The molecule has 250 valence electrons. The summed E-state index contributed by atoms with van der Waals surface area (Å²) in [6.45, 7) is 3.33. The fourth-order valence-corrected chi connectivity index (χ4v) is 6.24. The van der Waals surface area contributed by atoms with Crippen LogP contribution in [0.15, 0.2) is 60.9 Å². The van der Waals surface area contributed by atoms with Crippen LogP contribution >= 0.6 is 0 Å². The summed E-state index contributed by atoms with van der Waals surface area (Å²) in [5, 5.41) is 15.9. The molecule has 0 unspecified atom stereocenters. The maximum Gasteiger partial charge on any atom is 0.213 e. The molecule has 0 aliphatic carbocycles. The number of hydroxylamine groups is 2. The number of nitrogens with zero attached hydrogens (tertiary/aromatic N) is 7. The number of pyridine rings is 2. The number of aliphatic hydroxyl groups excluding tert-OH is 1. The van der Waals surface area contributed by atoms with E-state index in [1.807, 2.05) is 43.3 Å². The number of hydrogen-bond donors (Lipinski definition) is 1. The first-order valence-corrected chi connectivity index (χ1v) is 15.9. The molecule has 1 aliphatic heterocycles. The van der Waals surface area contributed by atoms with Crippen molar-refractivity contribution < 1.29 is 28.7 Å². The number of para-hydroxylation sites is 1. The Balaban J connectivity index is 1.30. The normalized spacial score (nSPS) is 16.6. The van der Waals surface area contributed by atoms with Crippen LogP contribution in [0.4, 0.5) is 4.39 Å². The van der Waals surface area contributed by atoms with Crippen LogP contribution in [0.1, 0.15) is 52.8 Å². The Kier molecular flexibility index (Phi) is 10.1. The first kappa shape index (κ1) is 33.2. The minimum absolute atomic E-state index is 0.00668.